The zero-order chi connectivity index (χ0) is 21.4. The van der Waals surface area contributed by atoms with Gasteiger partial charge in [-0.2, -0.15) is 0 Å². The van der Waals surface area contributed by atoms with E-state index in [1.807, 2.05) is 36.4 Å². The number of aliphatic hydroxyl groups excluding tert-OH is 2. The Morgan fingerprint density at radius 1 is 0.567 bits per heavy atom. The van der Waals surface area contributed by atoms with Crippen LogP contribution in [0.15, 0.2) is 78.9 Å². The van der Waals surface area contributed by atoms with Gasteiger partial charge in [-0.15, -0.1) is 0 Å². The summed E-state index contributed by atoms with van der Waals surface area (Å²) < 4.78 is 0. The van der Waals surface area contributed by atoms with Gasteiger partial charge >= 0.3 is 0 Å². The summed E-state index contributed by atoms with van der Waals surface area (Å²) in [5.74, 6) is 0.324. The smallest absolute Gasteiger partial charge is 0.124 e. The van der Waals surface area contributed by atoms with E-state index >= 15 is 0 Å². The minimum atomic E-state index is -0.167. The average molecular weight is 438 g/mol. The Labute approximate surface area is 193 Å². The first-order valence-electron chi connectivity index (χ1n) is 9.86. The predicted molar refractivity (Wildman–Crippen MR) is 123 cm³/mol. The molecular formula is C26H30O3Ti. The third kappa shape index (κ3) is 7.26. The van der Waals surface area contributed by atoms with Crippen LogP contribution in [0.5, 0.6) is 5.75 Å². The van der Waals surface area contributed by atoms with Gasteiger partial charge in [-0.25, -0.2) is 0 Å². The van der Waals surface area contributed by atoms with Crippen LogP contribution in [0.4, 0.5) is 0 Å². The number of aromatic hydroxyl groups is 1. The largest absolute Gasteiger partial charge is 0.507 e. The van der Waals surface area contributed by atoms with Crippen molar-refractivity contribution in [3.8, 4) is 16.9 Å². The zero-order valence-corrected chi connectivity index (χ0v) is 19.6. The van der Waals surface area contributed by atoms with Crippen LogP contribution in [0.3, 0.4) is 0 Å². The molecule has 0 saturated heterocycles. The Balaban J connectivity index is 0.000000435. The van der Waals surface area contributed by atoms with E-state index in [9.17, 15) is 5.11 Å². The van der Waals surface area contributed by atoms with Gasteiger partial charge in [0.25, 0.3) is 0 Å². The van der Waals surface area contributed by atoms with Crippen molar-refractivity contribution in [1.29, 1.82) is 0 Å². The second kappa shape index (κ2) is 12.5. The molecule has 0 spiro atoms. The van der Waals surface area contributed by atoms with Crippen LogP contribution in [0, 0.1) is 0 Å². The molecule has 156 valence electrons. The molecule has 0 bridgehead atoms. The van der Waals surface area contributed by atoms with E-state index in [4.69, 9.17) is 10.2 Å². The molecule has 0 atom stereocenters. The van der Waals surface area contributed by atoms with Crippen LogP contribution in [0.25, 0.3) is 32.7 Å². The van der Waals surface area contributed by atoms with Crippen molar-refractivity contribution in [3.05, 3.63) is 78.9 Å². The first-order chi connectivity index (χ1) is 13.8. The fourth-order valence-corrected chi connectivity index (χ4v) is 2.99. The SMILES string of the molecule is CC(C)O.CC(C)O.Oc1ccc2ccccc2c1-c1cccc2ccccc12.[Ti]. The maximum Gasteiger partial charge on any atom is 0.124 e. The number of phenolic OH excluding ortho intramolecular Hbond substituents is 1. The van der Waals surface area contributed by atoms with Gasteiger partial charge in [0.05, 0.1) is 0 Å². The Morgan fingerprint density at radius 2 is 1.00 bits per heavy atom. The summed E-state index contributed by atoms with van der Waals surface area (Å²) in [6, 6.07) is 26.4. The number of aliphatic hydroxyl groups is 2. The molecule has 0 aliphatic rings. The van der Waals surface area contributed by atoms with Gasteiger partial charge in [-0.1, -0.05) is 72.8 Å². The minimum Gasteiger partial charge on any atom is -0.507 e. The van der Waals surface area contributed by atoms with E-state index in [1.54, 1.807) is 33.8 Å². The number of rotatable bonds is 1. The van der Waals surface area contributed by atoms with Crippen molar-refractivity contribution < 1.29 is 37.0 Å². The third-order valence-electron chi connectivity index (χ3n) is 3.97. The number of hydrogen-bond donors (Lipinski definition) is 3. The van der Waals surface area contributed by atoms with E-state index in [2.05, 4.69) is 36.4 Å². The minimum absolute atomic E-state index is 0. The molecule has 4 heteroatoms. The average Bonchev–Trinajstić information content (AvgIpc) is 2.67. The van der Waals surface area contributed by atoms with Crippen LogP contribution in [-0.4, -0.2) is 27.5 Å². The summed E-state index contributed by atoms with van der Waals surface area (Å²) in [5, 5.41) is 31.1. The van der Waals surface area contributed by atoms with E-state index in [1.165, 1.54) is 5.39 Å². The van der Waals surface area contributed by atoms with Gasteiger partial charge in [0, 0.05) is 39.5 Å². The molecule has 3 nitrogen and oxygen atoms in total. The molecule has 0 aromatic heterocycles. The molecule has 4 rings (SSSR count). The second-order valence-corrected chi connectivity index (χ2v) is 7.40. The summed E-state index contributed by atoms with van der Waals surface area (Å²) in [4.78, 5) is 0. The molecule has 0 fully saturated rings. The van der Waals surface area contributed by atoms with Crippen molar-refractivity contribution in [2.75, 3.05) is 0 Å². The van der Waals surface area contributed by atoms with Gasteiger partial charge in [-0.3, -0.25) is 0 Å². The number of phenols is 1. The van der Waals surface area contributed by atoms with Crippen molar-refractivity contribution >= 4 is 21.5 Å². The summed E-state index contributed by atoms with van der Waals surface area (Å²) in [5.41, 5.74) is 1.98. The second-order valence-electron chi connectivity index (χ2n) is 7.40. The Bertz CT molecular complexity index is 1040. The van der Waals surface area contributed by atoms with E-state index in [-0.39, 0.29) is 33.9 Å². The van der Waals surface area contributed by atoms with Crippen LogP contribution < -0.4 is 0 Å². The summed E-state index contributed by atoms with van der Waals surface area (Å²) >= 11 is 0. The topological polar surface area (TPSA) is 60.7 Å². The summed E-state index contributed by atoms with van der Waals surface area (Å²) in [6.07, 6.45) is -0.333. The summed E-state index contributed by atoms with van der Waals surface area (Å²) in [7, 11) is 0. The van der Waals surface area contributed by atoms with Crippen LogP contribution >= 0.6 is 0 Å². The number of benzene rings is 4. The van der Waals surface area contributed by atoms with Gasteiger partial charge < -0.3 is 15.3 Å². The molecular weight excluding hydrogens is 408 g/mol. The normalized spacial score (nSPS) is 10.1. The Morgan fingerprint density at radius 3 is 1.57 bits per heavy atom. The monoisotopic (exact) mass is 438 g/mol. The number of fused-ring (bicyclic) bond motifs is 2. The fraction of sp³-hybridized carbons (Fsp3) is 0.231. The van der Waals surface area contributed by atoms with Gasteiger partial charge in [0.1, 0.15) is 5.75 Å². The zero-order valence-electron chi connectivity index (χ0n) is 18.0. The van der Waals surface area contributed by atoms with Crippen molar-refractivity contribution in [1.82, 2.24) is 0 Å². The van der Waals surface area contributed by atoms with Crippen LogP contribution in [-0.2, 0) is 21.7 Å². The number of hydrogen-bond acceptors (Lipinski definition) is 3. The molecule has 0 radical (unpaired) electrons. The maximum absolute atomic E-state index is 10.4. The predicted octanol–water partition coefficient (Wildman–Crippen LogP) is 6.14. The third-order valence-corrected chi connectivity index (χ3v) is 3.97. The van der Waals surface area contributed by atoms with Crippen LogP contribution in [0.2, 0.25) is 0 Å². The van der Waals surface area contributed by atoms with Gasteiger partial charge in [-0.05, 0) is 60.9 Å². The van der Waals surface area contributed by atoms with Crippen molar-refractivity contribution in [3.63, 3.8) is 0 Å². The Hall–Kier alpha value is -2.17. The first-order valence-corrected chi connectivity index (χ1v) is 9.86. The fourth-order valence-electron chi connectivity index (χ4n) is 2.99. The molecule has 4 aromatic carbocycles. The molecule has 0 heterocycles. The molecule has 4 aromatic rings. The van der Waals surface area contributed by atoms with Gasteiger partial charge in [0.2, 0.25) is 0 Å². The quantitative estimate of drug-likeness (QED) is 0.313. The summed E-state index contributed by atoms with van der Waals surface area (Å²) in [6.45, 7) is 6.89. The molecule has 0 saturated carbocycles. The molecule has 30 heavy (non-hydrogen) atoms. The Kier molecular flexibility index (Phi) is 10.8. The standard InChI is InChI=1S/C20H14O.2C3H8O.Ti/c21-19-13-12-15-7-2-4-10-17(15)20(19)18-11-5-8-14-6-1-3-9-16(14)18;2*1-3(2)4;/h1-13,21H;2*3-4H,1-2H3;. The maximum atomic E-state index is 10.4. The van der Waals surface area contributed by atoms with Gasteiger partial charge in [0.15, 0.2) is 0 Å². The van der Waals surface area contributed by atoms with E-state index < -0.39 is 0 Å². The molecule has 0 amide bonds. The van der Waals surface area contributed by atoms with Crippen molar-refractivity contribution in [2.24, 2.45) is 0 Å². The first kappa shape index (κ1) is 25.9. The van der Waals surface area contributed by atoms with Crippen molar-refractivity contribution in [2.45, 2.75) is 39.9 Å². The molecule has 0 unspecified atom stereocenters. The molecule has 0 aliphatic heterocycles. The molecule has 0 aliphatic carbocycles. The molecule has 3 N–H and O–H groups in total. The van der Waals surface area contributed by atoms with E-state index in [0.717, 1.165) is 27.3 Å². The van der Waals surface area contributed by atoms with Crippen LogP contribution in [0.1, 0.15) is 27.7 Å². The van der Waals surface area contributed by atoms with E-state index in [0.29, 0.717) is 5.75 Å².